The molecule has 1 fully saturated rings. The van der Waals surface area contributed by atoms with E-state index in [0.717, 1.165) is 6.54 Å². The van der Waals surface area contributed by atoms with E-state index in [9.17, 15) is 9.59 Å². The number of carbonyl (C=O) groups is 2. The number of hydrogen-bond donors (Lipinski definition) is 3. The summed E-state index contributed by atoms with van der Waals surface area (Å²) >= 11 is 0. The second kappa shape index (κ2) is 8.89. The van der Waals surface area contributed by atoms with E-state index >= 15 is 0 Å². The Hall–Kier alpha value is -1.18. The molecule has 0 aliphatic carbocycles. The van der Waals surface area contributed by atoms with Crippen molar-refractivity contribution in [3.63, 3.8) is 0 Å². The van der Waals surface area contributed by atoms with E-state index in [-0.39, 0.29) is 18.6 Å². The Bertz CT molecular complexity index is 321. The lowest BCUT2D eigenvalue weighted by Crippen LogP contribution is -2.51. The van der Waals surface area contributed by atoms with Gasteiger partial charge >= 0.3 is 6.03 Å². The molecule has 0 bridgehead atoms. The van der Waals surface area contributed by atoms with Crippen LogP contribution in [0.15, 0.2) is 0 Å². The fourth-order valence-electron chi connectivity index (χ4n) is 1.99. The number of carbonyl (C=O) groups excluding carboxylic acids is 2. The van der Waals surface area contributed by atoms with Crippen LogP contribution in [0.4, 0.5) is 4.79 Å². The van der Waals surface area contributed by atoms with Gasteiger partial charge < -0.3 is 15.4 Å². The fraction of sp³-hybridized carbons (Fsp3) is 0.846. The summed E-state index contributed by atoms with van der Waals surface area (Å²) < 4.78 is 5.56. The van der Waals surface area contributed by atoms with Gasteiger partial charge in [0.15, 0.2) is 0 Å². The van der Waals surface area contributed by atoms with Gasteiger partial charge in [-0.1, -0.05) is 13.8 Å². The zero-order valence-electron chi connectivity index (χ0n) is 12.6. The van der Waals surface area contributed by atoms with E-state index in [1.54, 1.807) is 0 Å². The molecule has 3 N–H and O–H groups in total. The van der Waals surface area contributed by atoms with Crippen molar-refractivity contribution in [2.45, 2.75) is 20.0 Å². The van der Waals surface area contributed by atoms with Gasteiger partial charge in [-0.25, -0.2) is 4.79 Å². The van der Waals surface area contributed by atoms with Crippen molar-refractivity contribution in [3.05, 3.63) is 0 Å². The van der Waals surface area contributed by atoms with Gasteiger partial charge in [0.2, 0.25) is 5.91 Å². The zero-order chi connectivity index (χ0) is 15.0. The molecular formula is C13H26N4O3. The average molecular weight is 286 g/mol. The molecular weight excluding hydrogens is 260 g/mol. The molecule has 7 heteroatoms. The number of imide groups is 1. The van der Waals surface area contributed by atoms with Crippen LogP contribution in [0.1, 0.15) is 13.8 Å². The minimum atomic E-state index is -0.427. The number of amides is 3. The van der Waals surface area contributed by atoms with E-state index in [4.69, 9.17) is 4.74 Å². The monoisotopic (exact) mass is 286 g/mol. The molecule has 0 saturated carbocycles. The number of rotatable bonds is 6. The number of ether oxygens (including phenoxy) is 1. The van der Waals surface area contributed by atoms with Gasteiger partial charge in [-0.2, -0.15) is 0 Å². The Morgan fingerprint density at radius 2 is 2.15 bits per heavy atom. The average Bonchev–Trinajstić information content (AvgIpc) is 2.37. The van der Waals surface area contributed by atoms with Crippen LogP contribution in [0.3, 0.4) is 0 Å². The molecule has 20 heavy (non-hydrogen) atoms. The maximum absolute atomic E-state index is 11.8. The Morgan fingerprint density at radius 3 is 2.80 bits per heavy atom. The maximum atomic E-state index is 11.8. The summed E-state index contributed by atoms with van der Waals surface area (Å²) in [5, 5.41) is 8.05. The van der Waals surface area contributed by atoms with Crippen LogP contribution in [0.25, 0.3) is 0 Å². The third kappa shape index (κ3) is 6.83. The molecule has 1 rings (SSSR count). The van der Waals surface area contributed by atoms with Gasteiger partial charge in [0.1, 0.15) is 0 Å². The predicted molar refractivity (Wildman–Crippen MR) is 76.5 cm³/mol. The van der Waals surface area contributed by atoms with Crippen molar-refractivity contribution in [2.75, 3.05) is 46.4 Å². The van der Waals surface area contributed by atoms with Gasteiger partial charge in [0, 0.05) is 26.2 Å². The zero-order valence-corrected chi connectivity index (χ0v) is 12.6. The molecule has 1 unspecified atom stereocenters. The first kappa shape index (κ1) is 16.9. The second-order valence-electron chi connectivity index (χ2n) is 5.44. The van der Waals surface area contributed by atoms with E-state index < -0.39 is 6.03 Å². The number of nitrogens with zero attached hydrogens (tertiary/aromatic N) is 1. The number of nitrogens with one attached hydrogen (secondary N) is 3. The molecule has 0 spiro atoms. The molecule has 0 radical (unpaired) electrons. The molecule has 7 nitrogen and oxygen atoms in total. The summed E-state index contributed by atoms with van der Waals surface area (Å²) in [6.45, 7) is 7.55. The summed E-state index contributed by atoms with van der Waals surface area (Å²) in [5.74, 6) is 0.0776. The summed E-state index contributed by atoms with van der Waals surface area (Å²) in [6.07, 6.45) is 0.0938. The summed E-state index contributed by atoms with van der Waals surface area (Å²) in [7, 11) is 1.87. The van der Waals surface area contributed by atoms with Gasteiger partial charge in [0.05, 0.1) is 19.3 Å². The first-order chi connectivity index (χ1) is 9.51. The molecule has 1 aliphatic rings. The molecule has 1 atom stereocenters. The molecule has 0 aromatic heterocycles. The first-order valence-corrected chi connectivity index (χ1v) is 7.07. The molecule has 0 aromatic rings. The second-order valence-corrected chi connectivity index (χ2v) is 5.44. The Morgan fingerprint density at radius 1 is 1.40 bits per heavy atom. The molecule has 116 valence electrons. The lowest BCUT2D eigenvalue weighted by molar-refractivity contribution is -0.123. The highest BCUT2D eigenvalue weighted by atomic mass is 16.5. The van der Waals surface area contributed by atoms with Gasteiger partial charge in [-0.05, 0) is 13.0 Å². The van der Waals surface area contributed by atoms with Crippen molar-refractivity contribution in [3.8, 4) is 0 Å². The van der Waals surface area contributed by atoms with Gasteiger partial charge in [-0.15, -0.1) is 0 Å². The van der Waals surface area contributed by atoms with Gasteiger partial charge in [0.25, 0.3) is 0 Å². The highest BCUT2D eigenvalue weighted by Gasteiger charge is 2.22. The van der Waals surface area contributed by atoms with Crippen LogP contribution in [-0.4, -0.2) is 69.3 Å². The molecule has 1 aliphatic heterocycles. The summed E-state index contributed by atoms with van der Waals surface area (Å²) in [5.41, 5.74) is 0. The number of morpholine rings is 1. The number of hydrogen-bond acceptors (Lipinski definition) is 5. The van der Waals surface area contributed by atoms with Crippen LogP contribution in [-0.2, 0) is 9.53 Å². The Kier molecular flexibility index (Phi) is 7.50. The van der Waals surface area contributed by atoms with Crippen LogP contribution in [0, 0.1) is 5.92 Å². The van der Waals surface area contributed by atoms with Crippen molar-refractivity contribution in [1.29, 1.82) is 0 Å². The topological polar surface area (TPSA) is 82.7 Å². The quantitative estimate of drug-likeness (QED) is 0.607. The Balaban J connectivity index is 2.25. The highest BCUT2D eigenvalue weighted by Crippen LogP contribution is 2.03. The number of likely N-dealkylation sites (N-methyl/N-ethyl adjacent to an activating group) is 1. The Labute approximate surface area is 120 Å². The maximum Gasteiger partial charge on any atom is 0.321 e. The molecule has 1 saturated heterocycles. The largest absolute Gasteiger partial charge is 0.374 e. The SMILES string of the molecule is CNCC1CN(CC(=O)NC(=O)NCC(C)C)CCO1. The lowest BCUT2D eigenvalue weighted by Gasteiger charge is -2.32. The van der Waals surface area contributed by atoms with E-state index in [1.165, 1.54) is 0 Å². The highest BCUT2D eigenvalue weighted by molar-refractivity contribution is 5.95. The van der Waals surface area contributed by atoms with E-state index in [2.05, 4.69) is 16.0 Å². The normalized spacial score (nSPS) is 19.9. The smallest absolute Gasteiger partial charge is 0.321 e. The van der Waals surface area contributed by atoms with Crippen LogP contribution < -0.4 is 16.0 Å². The van der Waals surface area contributed by atoms with Crippen LogP contribution >= 0.6 is 0 Å². The van der Waals surface area contributed by atoms with Crippen LogP contribution in [0.5, 0.6) is 0 Å². The number of urea groups is 1. The van der Waals surface area contributed by atoms with E-state index in [1.807, 2.05) is 25.8 Å². The van der Waals surface area contributed by atoms with Gasteiger partial charge in [-0.3, -0.25) is 15.0 Å². The minimum Gasteiger partial charge on any atom is -0.374 e. The predicted octanol–water partition coefficient (Wildman–Crippen LogP) is -0.612. The third-order valence-corrected chi connectivity index (χ3v) is 2.95. The molecule has 0 aromatic carbocycles. The standard InChI is InChI=1S/C13H26N4O3/c1-10(2)6-15-13(19)16-12(18)9-17-4-5-20-11(8-17)7-14-3/h10-11,14H,4-9H2,1-3H3,(H2,15,16,18,19). The van der Waals surface area contributed by atoms with Crippen molar-refractivity contribution in [1.82, 2.24) is 20.9 Å². The minimum absolute atomic E-state index is 0.0938. The summed E-state index contributed by atoms with van der Waals surface area (Å²) in [4.78, 5) is 25.2. The van der Waals surface area contributed by atoms with Crippen molar-refractivity contribution in [2.24, 2.45) is 5.92 Å². The lowest BCUT2D eigenvalue weighted by atomic mass is 10.2. The first-order valence-electron chi connectivity index (χ1n) is 7.07. The molecule has 1 heterocycles. The summed E-state index contributed by atoms with van der Waals surface area (Å²) in [6, 6.07) is -0.427. The van der Waals surface area contributed by atoms with Crippen molar-refractivity contribution < 1.29 is 14.3 Å². The van der Waals surface area contributed by atoms with Crippen molar-refractivity contribution >= 4 is 11.9 Å². The molecule has 3 amide bonds. The third-order valence-electron chi connectivity index (χ3n) is 2.95. The fourth-order valence-corrected chi connectivity index (χ4v) is 1.99. The van der Waals surface area contributed by atoms with E-state index in [0.29, 0.717) is 32.2 Å². The van der Waals surface area contributed by atoms with Crippen LogP contribution in [0.2, 0.25) is 0 Å².